The van der Waals surface area contributed by atoms with Gasteiger partial charge in [-0.15, -0.1) is 5.10 Å². The predicted molar refractivity (Wildman–Crippen MR) is 83.0 cm³/mol. The normalized spacial score (nSPS) is 10.2. The Balaban J connectivity index is 1.93. The van der Waals surface area contributed by atoms with Crippen molar-refractivity contribution in [1.82, 2.24) is 25.5 Å². The molecule has 0 fully saturated rings. The van der Waals surface area contributed by atoms with Crippen molar-refractivity contribution in [3.63, 3.8) is 0 Å². The van der Waals surface area contributed by atoms with E-state index in [1.54, 1.807) is 12.1 Å². The number of aromatic nitrogens is 4. The first-order chi connectivity index (χ1) is 10.1. The third kappa shape index (κ3) is 4.32. The summed E-state index contributed by atoms with van der Waals surface area (Å²) in [6, 6.07) is 7.25. The van der Waals surface area contributed by atoms with Gasteiger partial charge in [0.25, 0.3) is 11.9 Å². The van der Waals surface area contributed by atoms with Crippen LogP contribution in [0.2, 0.25) is 0 Å². The molecule has 1 aromatic heterocycles. The van der Waals surface area contributed by atoms with Crippen LogP contribution in [0.4, 0.5) is 5.95 Å². The molecule has 0 unspecified atom stereocenters. The highest BCUT2D eigenvalue weighted by molar-refractivity contribution is 7.80. The summed E-state index contributed by atoms with van der Waals surface area (Å²) in [7, 11) is 0. The Morgan fingerprint density at radius 3 is 2.95 bits per heavy atom. The third-order valence-electron chi connectivity index (χ3n) is 2.61. The molecule has 2 rings (SSSR count). The Morgan fingerprint density at radius 1 is 1.43 bits per heavy atom. The largest absolute Gasteiger partial charge is 0.299 e. The van der Waals surface area contributed by atoms with E-state index in [1.807, 2.05) is 26.0 Å². The van der Waals surface area contributed by atoms with E-state index in [1.165, 1.54) is 4.80 Å². The van der Waals surface area contributed by atoms with Gasteiger partial charge in [-0.1, -0.05) is 29.7 Å². The smallest absolute Gasteiger partial charge is 0.269 e. The number of nitrogens with one attached hydrogen (secondary N) is 2. The summed E-state index contributed by atoms with van der Waals surface area (Å²) in [4.78, 5) is 13.5. The lowest BCUT2D eigenvalue weighted by Gasteiger charge is -2.06. The number of hydrogen-bond acceptors (Lipinski definition) is 5. The van der Waals surface area contributed by atoms with Crippen molar-refractivity contribution in [2.45, 2.75) is 26.8 Å². The number of amides is 1. The number of carbonyl (C=O) groups is 1. The SMILES string of the molecule is CCCn1nnc(NC(=S)NC(=O)c2cccc(C)c2)n1. The maximum Gasteiger partial charge on any atom is 0.269 e. The number of rotatable bonds is 4. The van der Waals surface area contributed by atoms with Crippen molar-refractivity contribution < 1.29 is 4.79 Å². The zero-order valence-corrected chi connectivity index (χ0v) is 12.6. The van der Waals surface area contributed by atoms with Gasteiger partial charge in [-0.3, -0.25) is 15.4 Å². The fraction of sp³-hybridized carbons (Fsp3) is 0.308. The Hall–Kier alpha value is -2.35. The van der Waals surface area contributed by atoms with Gasteiger partial charge in [0.05, 0.1) is 6.54 Å². The van der Waals surface area contributed by atoms with Crippen molar-refractivity contribution in [1.29, 1.82) is 0 Å². The van der Waals surface area contributed by atoms with Crippen LogP contribution in [0.1, 0.15) is 29.3 Å². The van der Waals surface area contributed by atoms with E-state index < -0.39 is 0 Å². The van der Waals surface area contributed by atoms with Gasteiger partial charge in [-0.25, -0.2) is 0 Å². The van der Waals surface area contributed by atoms with Crippen molar-refractivity contribution in [2.24, 2.45) is 0 Å². The lowest BCUT2D eigenvalue weighted by atomic mass is 10.1. The molecule has 1 aromatic carbocycles. The first-order valence-electron chi connectivity index (χ1n) is 6.55. The van der Waals surface area contributed by atoms with Gasteiger partial charge in [0.2, 0.25) is 0 Å². The summed E-state index contributed by atoms with van der Waals surface area (Å²) in [5.74, 6) is -0.0184. The summed E-state index contributed by atoms with van der Waals surface area (Å²) in [6.07, 6.45) is 0.907. The molecule has 0 spiro atoms. The van der Waals surface area contributed by atoms with Crippen LogP contribution in [0.15, 0.2) is 24.3 Å². The molecule has 2 aromatic rings. The number of thiocarbonyl (C=S) groups is 1. The summed E-state index contributed by atoms with van der Waals surface area (Å²) >= 11 is 5.06. The minimum atomic E-state index is -0.280. The average molecular weight is 304 g/mol. The Morgan fingerprint density at radius 2 is 2.24 bits per heavy atom. The zero-order chi connectivity index (χ0) is 15.2. The van der Waals surface area contributed by atoms with Crippen molar-refractivity contribution in [3.8, 4) is 0 Å². The molecule has 0 atom stereocenters. The Bertz CT molecular complexity index is 654. The molecular weight excluding hydrogens is 288 g/mol. The van der Waals surface area contributed by atoms with Crippen molar-refractivity contribution in [2.75, 3.05) is 5.32 Å². The molecule has 7 nitrogen and oxygen atoms in total. The molecule has 2 N–H and O–H groups in total. The highest BCUT2D eigenvalue weighted by Crippen LogP contribution is 2.04. The molecular formula is C13H16N6OS. The van der Waals surface area contributed by atoms with Gasteiger partial charge in [-0.2, -0.15) is 4.80 Å². The van der Waals surface area contributed by atoms with Crippen LogP contribution in [-0.4, -0.2) is 31.2 Å². The van der Waals surface area contributed by atoms with Crippen LogP contribution in [0.3, 0.4) is 0 Å². The van der Waals surface area contributed by atoms with Gasteiger partial charge in [0.15, 0.2) is 5.11 Å². The predicted octanol–water partition coefficient (Wildman–Crippen LogP) is 1.52. The van der Waals surface area contributed by atoms with E-state index in [4.69, 9.17) is 12.2 Å². The summed E-state index contributed by atoms with van der Waals surface area (Å²) in [6.45, 7) is 4.61. The molecule has 0 bridgehead atoms. The summed E-state index contributed by atoms with van der Waals surface area (Å²) in [5, 5.41) is 17.2. The Labute approximate surface area is 127 Å². The molecule has 8 heteroatoms. The van der Waals surface area contributed by atoms with E-state index >= 15 is 0 Å². The lowest BCUT2D eigenvalue weighted by Crippen LogP contribution is -2.34. The minimum Gasteiger partial charge on any atom is -0.299 e. The number of benzene rings is 1. The molecule has 0 aliphatic heterocycles. The molecule has 1 heterocycles. The summed E-state index contributed by atoms with van der Waals surface area (Å²) < 4.78 is 0. The first kappa shape index (κ1) is 15.0. The fourth-order valence-corrected chi connectivity index (χ4v) is 1.87. The van der Waals surface area contributed by atoms with Gasteiger partial charge < -0.3 is 0 Å². The standard InChI is InChI=1S/C13H16N6OS/c1-3-7-19-17-12(16-18-19)15-13(21)14-11(20)10-6-4-5-9(2)8-10/h4-6,8H,3,7H2,1-2H3,(H2,14,15,17,20,21). The molecule has 21 heavy (non-hydrogen) atoms. The summed E-state index contributed by atoms with van der Waals surface area (Å²) in [5.41, 5.74) is 1.55. The maximum atomic E-state index is 12.0. The minimum absolute atomic E-state index is 0.137. The average Bonchev–Trinajstić information content (AvgIpc) is 2.86. The zero-order valence-electron chi connectivity index (χ0n) is 11.8. The van der Waals surface area contributed by atoms with E-state index in [-0.39, 0.29) is 17.0 Å². The lowest BCUT2D eigenvalue weighted by molar-refractivity contribution is 0.0977. The van der Waals surface area contributed by atoms with E-state index in [9.17, 15) is 4.79 Å². The molecule has 1 amide bonds. The fourth-order valence-electron chi connectivity index (χ4n) is 1.68. The van der Waals surface area contributed by atoms with Crippen LogP contribution in [0, 0.1) is 6.92 Å². The van der Waals surface area contributed by atoms with E-state index in [0.717, 1.165) is 12.0 Å². The highest BCUT2D eigenvalue weighted by atomic mass is 32.1. The first-order valence-corrected chi connectivity index (χ1v) is 6.96. The number of anilines is 1. The molecule has 0 saturated heterocycles. The second-order valence-corrected chi connectivity index (χ2v) is 4.89. The van der Waals surface area contributed by atoms with Crippen LogP contribution < -0.4 is 10.6 Å². The van der Waals surface area contributed by atoms with Crippen molar-refractivity contribution in [3.05, 3.63) is 35.4 Å². The van der Waals surface area contributed by atoms with Crippen LogP contribution in [0.5, 0.6) is 0 Å². The van der Waals surface area contributed by atoms with Crippen LogP contribution in [0.25, 0.3) is 0 Å². The van der Waals surface area contributed by atoms with Gasteiger partial charge in [-0.05, 0) is 42.9 Å². The number of hydrogen-bond donors (Lipinski definition) is 2. The van der Waals surface area contributed by atoms with Gasteiger partial charge in [0, 0.05) is 5.56 Å². The number of carbonyl (C=O) groups excluding carboxylic acids is 1. The molecule has 0 radical (unpaired) electrons. The van der Waals surface area contributed by atoms with E-state index in [2.05, 4.69) is 26.0 Å². The molecule has 0 aliphatic rings. The van der Waals surface area contributed by atoms with Gasteiger partial charge in [0.1, 0.15) is 0 Å². The van der Waals surface area contributed by atoms with Gasteiger partial charge >= 0.3 is 0 Å². The number of tetrazole rings is 1. The van der Waals surface area contributed by atoms with Crippen molar-refractivity contribution >= 4 is 29.2 Å². The second kappa shape index (κ2) is 6.89. The highest BCUT2D eigenvalue weighted by Gasteiger charge is 2.10. The number of aryl methyl sites for hydroxylation is 2. The topological polar surface area (TPSA) is 84.7 Å². The molecule has 0 saturated carbocycles. The second-order valence-electron chi connectivity index (χ2n) is 4.49. The molecule has 110 valence electrons. The van der Waals surface area contributed by atoms with Crippen LogP contribution >= 0.6 is 12.2 Å². The number of nitrogens with zero attached hydrogens (tertiary/aromatic N) is 4. The van der Waals surface area contributed by atoms with E-state index in [0.29, 0.717) is 12.1 Å². The monoisotopic (exact) mass is 304 g/mol. The molecule has 0 aliphatic carbocycles. The Kier molecular flexibility index (Phi) is 4.94. The third-order valence-corrected chi connectivity index (χ3v) is 2.81. The van der Waals surface area contributed by atoms with Crippen LogP contribution in [-0.2, 0) is 6.54 Å². The maximum absolute atomic E-state index is 12.0. The quantitative estimate of drug-likeness (QED) is 0.833.